The molecule has 84 valence electrons. The molecule has 0 atom stereocenters. The van der Waals surface area contributed by atoms with Crippen molar-refractivity contribution in [2.45, 2.75) is 20.8 Å². The fourth-order valence-electron chi connectivity index (χ4n) is 0.978. The first-order valence-corrected chi connectivity index (χ1v) is 4.96. The Balaban J connectivity index is 4.38. The Morgan fingerprint density at radius 1 is 1.40 bits per heavy atom. The summed E-state index contributed by atoms with van der Waals surface area (Å²) in [5.74, 6) is -0.303. The molecule has 0 aromatic carbocycles. The van der Waals surface area contributed by atoms with Crippen LogP contribution >= 0.6 is 0 Å². The average molecular weight is 209 g/mol. The molecule has 4 nitrogen and oxygen atoms in total. The lowest BCUT2D eigenvalue weighted by molar-refractivity contribution is -0.117. The summed E-state index contributed by atoms with van der Waals surface area (Å²) in [7, 11) is 1.81. The zero-order valence-corrected chi connectivity index (χ0v) is 9.85. The minimum absolute atomic E-state index is 0.161. The predicted molar refractivity (Wildman–Crippen MR) is 60.1 cm³/mol. The minimum Gasteiger partial charge on any atom is -0.350 e. The molecule has 0 saturated carbocycles. The summed E-state index contributed by atoms with van der Waals surface area (Å²) >= 11 is 0. The maximum atomic E-state index is 11.5. The number of likely N-dealkylation sites (N-methyl/N-ethyl adjacent to an activating group) is 1. The molecule has 0 aliphatic carbocycles. The van der Waals surface area contributed by atoms with Crippen LogP contribution in [0.5, 0.6) is 0 Å². The van der Waals surface area contributed by atoms with Crippen molar-refractivity contribution >= 4 is 5.91 Å². The monoisotopic (exact) mass is 209 g/mol. The van der Waals surface area contributed by atoms with Gasteiger partial charge in [0.2, 0.25) is 0 Å². The summed E-state index contributed by atoms with van der Waals surface area (Å²) < 4.78 is 0. The first kappa shape index (κ1) is 13.7. The van der Waals surface area contributed by atoms with Crippen LogP contribution in [0.3, 0.4) is 0 Å². The average Bonchev–Trinajstić information content (AvgIpc) is 2.13. The van der Waals surface area contributed by atoms with Gasteiger partial charge >= 0.3 is 0 Å². The van der Waals surface area contributed by atoms with E-state index in [1.807, 2.05) is 33.9 Å². The van der Waals surface area contributed by atoms with Gasteiger partial charge in [-0.3, -0.25) is 4.79 Å². The molecule has 0 radical (unpaired) electrons. The van der Waals surface area contributed by atoms with Crippen LogP contribution < -0.4 is 10.6 Å². The van der Waals surface area contributed by atoms with Gasteiger partial charge in [-0.2, -0.15) is 5.26 Å². The van der Waals surface area contributed by atoms with Crippen molar-refractivity contribution in [3.63, 3.8) is 0 Å². The van der Waals surface area contributed by atoms with Crippen molar-refractivity contribution in [3.8, 4) is 6.07 Å². The smallest absolute Gasteiger partial charge is 0.261 e. The number of rotatable bonds is 4. The molecular weight excluding hydrogens is 190 g/mol. The minimum atomic E-state index is -0.303. The molecule has 1 amide bonds. The van der Waals surface area contributed by atoms with E-state index in [0.29, 0.717) is 13.1 Å². The Hall–Kier alpha value is -1.34. The van der Waals surface area contributed by atoms with E-state index in [-0.39, 0.29) is 16.9 Å². The Bertz CT molecular complexity index is 281. The summed E-state index contributed by atoms with van der Waals surface area (Å²) in [6.45, 7) is 7.07. The van der Waals surface area contributed by atoms with E-state index in [1.165, 1.54) is 0 Å². The summed E-state index contributed by atoms with van der Waals surface area (Å²) in [5.41, 5.74) is 0.0180. The van der Waals surface area contributed by atoms with Gasteiger partial charge in [0.05, 0.1) is 0 Å². The van der Waals surface area contributed by atoms with Gasteiger partial charge in [0, 0.05) is 13.1 Å². The SMILES string of the molecule is CNCCNC(=O)C(C#N)=CC(C)(C)C. The lowest BCUT2D eigenvalue weighted by Crippen LogP contribution is -2.31. The number of nitrogens with one attached hydrogen (secondary N) is 2. The zero-order chi connectivity index (χ0) is 11.9. The van der Waals surface area contributed by atoms with E-state index in [0.717, 1.165) is 0 Å². The maximum Gasteiger partial charge on any atom is 0.261 e. The fraction of sp³-hybridized carbons (Fsp3) is 0.636. The molecule has 0 fully saturated rings. The first-order valence-electron chi connectivity index (χ1n) is 4.96. The third kappa shape index (κ3) is 6.69. The van der Waals surface area contributed by atoms with Gasteiger partial charge in [-0.1, -0.05) is 26.8 Å². The Kier molecular flexibility index (Phi) is 5.65. The van der Waals surface area contributed by atoms with E-state index in [4.69, 9.17) is 5.26 Å². The van der Waals surface area contributed by atoms with Crippen LogP contribution in [0.2, 0.25) is 0 Å². The van der Waals surface area contributed by atoms with Crippen LogP contribution in [0, 0.1) is 16.7 Å². The van der Waals surface area contributed by atoms with Crippen LogP contribution in [0.1, 0.15) is 20.8 Å². The van der Waals surface area contributed by atoms with Crippen LogP contribution in [0.15, 0.2) is 11.6 Å². The van der Waals surface area contributed by atoms with Gasteiger partial charge in [-0.15, -0.1) is 0 Å². The number of nitrogens with zero attached hydrogens (tertiary/aromatic N) is 1. The zero-order valence-electron chi connectivity index (χ0n) is 9.85. The van der Waals surface area contributed by atoms with Gasteiger partial charge < -0.3 is 10.6 Å². The third-order valence-electron chi connectivity index (χ3n) is 1.60. The van der Waals surface area contributed by atoms with Crippen LogP contribution in [0.25, 0.3) is 0 Å². The molecule has 0 unspecified atom stereocenters. The highest BCUT2D eigenvalue weighted by Crippen LogP contribution is 2.17. The molecule has 0 rings (SSSR count). The molecule has 0 saturated heterocycles. The second-order valence-corrected chi connectivity index (χ2v) is 4.40. The van der Waals surface area contributed by atoms with Crippen molar-refractivity contribution in [1.29, 1.82) is 5.26 Å². The molecular formula is C11H19N3O. The Morgan fingerprint density at radius 2 is 2.00 bits per heavy atom. The van der Waals surface area contributed by atoms with Crippen molar-refractivity contribution in [3.05, 3.63) is 11.6 Å². The van der Waals surface area contributed by atoms with E-state index in [2.05, 4.69) is 10.6 Å². The summed E-state index contributed by atoms with van der Waals surface area (Å²) in [6.07, 6.45) is 1.68. The first-order chi connectivity index (χ1) is 6.90. The van der Waals surface area contributed by atoms with Crippen LogP contribution in [0.4, 0.5) is 0 Å². The van der Waals surface area contributed by atoms with Gasteiger partial charge in [-0.25, -0.2) is 0 Å². The predicted octanol–water partition coefficient (Wildman–Crippen LogP) is 0.818. The molecule has 0 aliphatic rings. The van der Waals surface area contributed by atoms with Crippen molar-refractivity contribution in [2.75, 3.05) is 20.1 Å². The van der Waals surface area contributed by atoms with Crippen molar-refractivity contribution in [1.82, 2.24) is 10.6 Å². The summed E-state index contributed by atoms with van der Waals surface area (Å²) in [5, 5.41) is 14.4. The lowest BCUT2D eigenvalue weighted by atomic mass is 9.93. The number of hydrogen-bond acceptors (Lipinski definition) is 3. The van der Waals surface area contributed by atoms with Gasteiger partial charge in [0.1, 0.15) is 11.6 Å². The standard InChI is InChI=1S/C11H19N3O/c1-11(2,3)7-9(8-12)10(15)14-6-5-13-4/h7,13H,5-6H2,1-4H3,(H,14,15). The molecule has 15 heavy (non-hydrogen) atoms. The maximum absolute atomic E-state index is 11.5. The number of carbonyl (C=O) groups excluding carboxylic acids is 1. The van der Waals surface area contributed by atoms with Crippen LogP contribution in [-0.2, 0) is 4.79 Å². The molecule has 0 aliphatic heterocycles. The quantitative estimate of drug-likeness (QED) is 0.409. The fourth-order valence-corrected chi connectivity index (χ4v) is 0.978. The molecule has 0 spiro atoms. The van der Waals surface area contributed by atoms with E-state index >= 15 is 0 Å². The lowest BCUT2D eigenvalue weighted by Gasteiger charge is -2.12. The molecule has 0 heterocycles. The highest BCUT2D eigenvalue weighted by Gasteiger charge is 2.13. The van der Waals surface area contributed by atoms with Gasteiger partial charge in [-0.05, 0) is 12.5 Å². The molecule has 0 aromatic rings. The molecule has 4 heteroatoms. The summed E-state index contributed by atoms with van der Waals surface area (Å²) in [4.78, 5) is 11.5. The second kappa shape index (κ2) is 6.20. The summed E-state index contributed by atoms with van der Waals surface area (Å²) in [6, 6.07) is 1.91. The van der Waals surface area contributed by atoms with Crippen molar-refractivity contribution in [2.24, 2.45) is 5.41 Å². The topological polar surface area (TPSA) is 64.9 Å². The number of carbonyl (C=O) groups is 1. The van der Waals surface area contributed by atoms with Crippen molar-refractivity contribution < 1.29 is 4.79 Å². The second-order valence-electron chi connectivity index (χ2n) is 4.40. The number of hydrogen-bond donors (Lipinski definition) is 2. The number of nitriles is 1. The molecule has 2 N–H and O–H groups in total. The van der Waals surface area contributed by atoms with E-state index in [9.17, 15) is 4.79 Å². The Labute approximate surface area is 91.4 Å². The largest absolute Gasteiger partial charge is 0.350 e. The van der Waals surface area contributed by atoms with E-state index < -0.39 is 0 Å². The normalized spacial score (nSPS) is 12.1. The van der Waals surface area contributed by atoms with Gasteiger partial charge in [0.15, 0.2) is 0 Å². The Morgan fingerprint density at radius 3 is 2.40 bits per heavy atom. The van der Waals surface area contributed by atoms with E-state index in [1.54, 1.807) is 6.08 Å². The van der Waals surface area contributed by atoms with Crippen LogP contribution in [-0.4, -0.2) is 26.0 Å². The molecule has 0 aromatic heterocycles. The van der Waals surface area contributed by atoms with Gasteiger partial charge in [0.25, 0.3) is 5.91 Å². The molecule has 0 bridgehead atoms. The highest BCUT2D eigenvalue weighted by atomic mass is 16.1. The third-order valence-corrected chi connectivity index (χ3v) is 1.60. The number of allylic oxidation sites excluding steroid dienone is 1. The number of amides is 1. The highest BCUT2D eigenvalue weighted by molar-refractivity contribution is 5.97.